The largest absolute Gasteiger partial charge is 0.494 e. The third-order valence-electron chi connectivity index (χ3n) is 2.00. The Labute approximate surface area is 99.1 Å². The fourth-order valence-electron chi connectivity index (χ4n) is 1.18. The number of ether oxygens (including phenoxy) is 1. The third kappa shape index (κ3) is 4.12. The van der Waals surface area contributed by atoms with Gasteiger partial charge >= 0.3 is 0 Å². The molecule has 0 bridgehead atoms. The first kappa shape index (κ1) is 13.0. The van der Waals surface area contributed by atoms with Crippen molar-refractivity contribution in [1.82, 2.24) is 10.7 Å². The van der Waals surface area contributed by atoms with Crippen molar-refractivity contribution < 1.29 is 14.3 Å². The molecule has 1 aromatic rings. The molecule has 0 radical (unpaired) electrons. The molecular formula is C11H15N3O3. The maximum atomic E-state index is 11.6. The first-order valence-corrected chi connectivity index (χ1v) is 5.18. The van der Waals surface area contributed by atoms with E-state index in [1.165, 1.54) is 0 Å². The number of hydrazine groups is 1. The quantitative estimate of drug-likeness (QED) is 0.376. The van der Waals surface area contributed by atoms with Gasteiger partial charge in [-0.25, -0.2) is 5.84 Å². The fraction of sp³-hybridized carbons (Fsp3) is 0.273. The number of carbonyl (C=O) groups is 2. The molecule has 0 atom stereocenters. The zero-order chi connectivity index (χ0) is 12.7. The van der Waals surface area contributed by atoms with Gasteiger partial charge < -0.3 is 10.1 Å². The molecule has 0 unspecified atom stereocenters. The lowest BCUT2D eigenvalue weighted by Crippen LogP contribution is -2.40. The molecule has 0 spiro atoms. The second-order valence-electron chi connectivity index (χ2n) is 3.21. The molecule has 0 aliphatic rings. The summed E-state index contributed by atoms with van der Waals surface area (Å²) < 4.78 is 5.24. The van der Waals surface area contributed by atoms with Crippen molar-refractivity contribution in [2.45, 2.75) is 6.92 Å². The topological polar surface area (TPSA) is 93.4 Å². The minimum absolute atomic E-state index is 0.150. The van der Waals surface area contributed by atoms with Crippen LogP contribution < -0.4 is 21.3 Å². The predicted molar refractivity (Wildman–Crippen MR) is 62.3 cm³/mol. The SMILES string of the molecule is CCOc1ccc(C(=O)NCC(=O)NN)cc1. The Balaban J connectivity index is 2.54. The van der Waals surface area contributed by atoms with E-state index in [1.54, 1.807) is 24.3 Å². The highest BCUT2D eigenvalue weighted by Crippen LogP contribution is 2.11. The van der Waals surface area contributed by atoms with E-state index in [-0.39, 0.29) is 12.5 Å². The van der Waals surface area contributed by atoms with Crippen LogP contribution in [0.2, 0.25) is 0 Å². The molecule has 0 aliphatic carbocycles. The molecule has 4 N–H and O–H groups in total. The average Bonchev–Trinajstić information content (AvgIpc) is 2.36. The summed E-state index contributed by atoms with van der Waals surface area (Å²) in [6, 6.07) is 6.64. The minimum Gasteiger partial charge on any atom is -0.494 e. The van der Waals surface area contributed by atoms with E-state index in [4.69, 9.17) is 10.6 Å². The van der Waals surface area contributed by atoms with Gasteiger partial charge in [0.05, 0.1) is 13.2 Å². The zero-order valence-corrected chi connectivity index (χ0v) is 9.53. The Bertz CT molecular complexity index is 389. The van der Waals surface area contributed by atoms with Crippen LogP contribution in [0.4, 0.5) is 0 Å². The smallest absolute Gasteiger partial charge is 0.253 e. The van der Waals surface area contributed by atoms with Crippen LogP contribution in [0.15, 0.2) is 24.3 Å². The molecule has 6 nitrogen and oxygen atoms in total. The van der Waals surface area contributed by atoms with Gasteiger partial charge in [-0.05, 0) is 31.2 Å². The van der Waals surface area contributed by atoms with E-state index in [2.05, 4.69) is 5.32 Å². The van der Waals surface area contributed by atoms with Crippen LogP contribution in [0.25, 0.3) is 0 Å². The van der Waals surface area contributed by atoms with Gasteiger partial charge in [0.15, 0.2) is 0 Å². The molecule has 6 heteroatoms. The first-order valence-electron chi connectivity index (χ1n) is 5.18. The van der Waals surface area contributed by atoms with Crippen molar-refractivity contribution in [2.75, 3.05) is 13.2 Å². The van der Waals surface area contributed by atoms with Crippen LogP contribution in [-0.4, -0.2) is 25.0 Å². The second kappa shape index (κ2) is 6.49. The first-order chi connectivity index (χ1) is 8.17. The Morgan fingerprint density at radius 1 is 1.29 bits per heavy atom. The maximum Gasteiger partial charge on any atom is 0.253 e. The van der Waals surface area contributed by atoms with Gasteiger partial charge in [0.25, 0.3) is 11.8 Å². The minimum atomic E-state index is -0.454. The van der Waals surface area contributed by atoms with E-state index in [0.717, 1.165) is 0 Å². The maximum absolute atomic E-state index is 11.6. The Kier molecular flexibility index (Phi) is 4.96. The number of carbonyl (C=O) groups excluding carboxylic acids is 2. The number of nitrogens with one attached hydrogen (secondary N) is 2. The molecule has 17 heavy (non-hydrogen) atoms. The molecule has 0 saturated carbocycles. The molecular weight excluding hydrogens is 222 g/mol. The lowest BCUT2D eigenvalue weighted by Gasteiger charge is -2.06. The molecule has 2 amide bonds. The van der Waals surface area contributed by atoms with E-state index in [1.807, 2.05) is 12.3 Å². The summed E-state index contributed by atoms with van der Waals surface area (Å²) >= 11 is 0. The summed E-state index contributed by atoms with van der Waals surface area (Å²) in [5.41, 5.74) is 2.38. The highest BCUT2D eigenvalue weighted by Gasteiger charge is 2.06. The highest BCUT2D eigenvalue weighted by atomic mass is 16.5. The molecule has 92 valence electrons. The monoisotopic (exact) mass is 237 g/mol. The molecule has 1 aromatic carbocycles. The summed E-state index contributed by atoms with van der Waals surface area (Å²) in [4.78, 5) is 22.4. The van der Waals surface area contributed by atoms with Crippen LogP contribution in [0.5, 0.6) is 5.75 Å². The molecule has 1 rings (SSSR count). The van der Waals surface area contributed by atoms with Crippen LogP contribution in [0, 0.1) is 0 Å². The van der Waals surface area contributed by atoms with Crippen molar-refractivity contribution in [3.63, 3.8) is 0 Å². The average molecular weight is 237 g/mol. The Morgan fingerprint density at radius 2 is 1.94 bits per heavy atom. The summed E-state index contributed by atoms with van der Waals surface area (Å²) in [7, 11) is 0. The molecule has 0 aromatic heterocycles. The van der Waals surface area contributed by atoms with Gasteiger partial charge in [0.2, 0.25) is 0 Å². The van der Waals surface area contributed by atoms with Crippen molar-refractivity contribution >= 4 is 11.8 Å². The lowest BCUT2D eigenvalue weighted by molar-refractivity contribution is -0.120. The van der Waals surface area contributed by atoms with Gasteiger partial charge in [-0.15, -0.1) is 0 Å². The van der Waals surface area contributed by atoms with Crippen molar-refractivity contribution in [3.8, 4) is 5.75 Å². The standard InChI is InChI=1S/C11H15N3O3/c1-2-17-9-5-3-8(4-6-9)11(16)13-7-10(15)14-12/h3-6H,2,7,12H2,1H3,(H,13,16)(H,14,15). The summed E-state index contributed by atoms with van der Waals surface area (Å²) in [5, 5.41) is 2.43. The Morgan fingerprint density at radius 3 is 2.47 bits per heavy atom. The van der Waals surface area contributed by atoms with Crippen LogP contribution in [0.1, 0.15) is 17.3 Å². The zero-order valence-electron chi connectivity index (χ0n) is 9.53. The van der Waals surface area contributed by atoms with Crippen molar-refractivity contribution in [1.29, 1.82) is 0 Å². The summed E-state index contributed by atoms with van der Waals surface area (Å²) in [6.45, 7) is 2.30. The normalized spacial score (nSPS) is 9.53. The predicted octanol–water partition coefficient (Wildman–Crippen LogP) is -0.195. The van der Waals surface area contributed by atoms with Gasteiger partial charge in [-0.1, -0.05) is 0 Å². The molecule has 0 saturated heterocycles. The van der Waals surface area contributed by atoms with Crippen molar-refractivity contribution in [3.05, 3.63) is 29.8 Å². The second-order valence-corrected chi connectivity index (χ2v) is 3.21. The van der Waals surface area contributed by atoms with Crippen molar-refractivity contribution in [2.24, 2.45) is 5.84 Å². The van der Waals surface area contributed by atoms with Gasteiger partial charge in [-0.2, -0.15) is 0 Å². The van der Waals surface area contributed by atoms with Gasteiger partial charge in [-0.3, -0.25) is 15.0 Å². The number of rotatable bonds is 5. The number of benzene rings is 1. The van der Waals surface area contributed by atoms with E-state index >= 15 is 0 Å². The Hall–Kier alpha value is -2.08. The number of nitrogens with two attached hydrogens (primary N) is 1. The highest BCUT2D eigenvalue weighted by molar-refractivity contribution is 5.96. The lowest BCUT2D eigenvalue weighted by atomic mass is 10.2. The number of amides is 2. The number of hydrogen-bond acceptors (Lipinski definition) is 4. The summed E-state index contributed by atoms with van der Waals surface area (Å²) in [5.74, 6) is 4.79. The van der Waals surface area contributed by atoms with Crippen LogP contribution >= 0.6 is 0 Å². The number of hydrogen-bond donors (Lipinski definition) is 3. The van der Waals surface area contributed by atoms with Gasteiger partial charge in [0, 0.05) is 5.56 Å². The van der Waals surface area contributed by atoms with Crippen LogP contribution in [0.3, 0.4) is 0 Å². The van der Waals surface area contributed by atoms with E-state index in [0.29, 0.717) is 17.9 Å². The third-order valence-corrected chi connectivity index (χ3v) is 2.00. The fourth-order valence-corrected chi connectivity index (χ4v) is 1.18. The molecule has 0 aliphatic heterocycles. The van der Waals surface area contributed by atoms with E-state index in [9.17, 15) is 9.59 Å². The van der Waals surface area contributed by atoms with Crippen LogP contribution in [-0.2, 0) is 4.79 Å². The van der Waals surface area contributed by atoms with E-state index < -0.39 is 5.91 Å². The molecule has 0 heterocycles. The summed E-state index contributed by atoms with van der Waals surface area (Å²) in [6.07, 6.45) is 0. The molecule has 0 fully saturated rings. The van der Waals surface area contributed by atoms with Gasteiger partial charge in [0.1, 0.15) is 5.75 Å².